The fraction of sp³-hybridized carbons (Fsp3) is 0. The molecule has 0 atom stereocenters. The molecular formula is AmCl4-4. The Labute approximate surface area is 63.9 Å². The molecule has 0 heterocycles. The Balaban J connectivity index is 0. The van der Waals surface area contributed by atoms with Crippen molar-refractivity contribution >= 4 is 0 Å². The number of rotatable bonds is 0. The van der Waals surface area contributed by atoms with Crippen LogP contribution in [0.5, 0.6) is 0 Å². The molecule has 0 aromatic rings. The Morgan fingerprint density at radius 3 is 0.400 bits per heavy atom. The molecule has 0 nitrogen and oxygen atoms in total. The smallest absolute Gasteiger partial charge is 0 e. The molecule has 0 saturated carbocycles. The van der Waals surface area contributed by atoms with Crippen molar-refractivity contribution in [3.63, 3.8) is 0 Å². The van der Waals surface area contributed by atoms with Gasteiger partial charge in [0.2, 0.25) is 0 Å². The fourth-order valence-corrected chi connectivity index (χ4v) is 0. The van der Waals surface area contributed by atoms with Gasteiger partial charge in [0, 0.05) is 14.3 Å². The van der Waals surface area contributed by atoms with E-state index in [0.29, 0.717) is 0 Å². The second-order valence-electron chi connectivity index (χ2n) is 0. The molecular weight excluding hydrogens is 385 g/mol. The third kappa shape index (κ3) is 29.1. The third-order valence-electron chi connectivity index (χ3n) is 0. The van der Waals surface area contributed by atoms with Crippen LogP contribution in [0.15, 0.2) is 0 Å². The van der Waals surface area contributed by atoms with E-state index in [1.165, 1.54) is 0 Å². The summed E-state index contributed by atoms with van der Waals surface area (Å²) in [4.78, 5) is 0. The summed E-state index contributed by atoms with van der Waals surface area (Å²) in [6.45, 7) is 0. The average molecular weight is 385 g/mol. The van der Waals surface area contributed by atoms with Crippen LogP contribution in [0.3, 0.4) is 0 Å². The van der Waals surface area contributed by atoms with E-state index in [1.807, 2.05) is 0 Å². The number of hydrogen-bond acceptors (Lipinski definition) is 0. The standard InChI is InChI=1S/Am.4ClH/h;4*1H/p-4. The predicted octanol–water partition coefficient (Wildman–Crippen LogP) is -12.0. The number of halogens is 4. The first kappa shape index (κ1) is 84.0. The van der Waals surface area contributed by atoms with Crippen LogP contribution >= 0.6 is 0 Å². The summed E-state index contributed by atoms with van der Waals surface area (Å²) in [5, 5.41) is 0. The molecule has 0 saturated heterocycles. The Hall–Kier alpha value is 1.55. The molecule has 5 heteroatoms. The van der Waals surface area contributed by atoms with Crippen LogP contribution in [-0.2, 0) is 0 Å². The van der Waals surface area contributed by atoms with Crippen LogP contribution < -0.4 is 49.6 Å². The van der Waals surface area contributed by atoms with E-state index in [1.54, 1.807) is 0 Å². The maximum atomic E-state index is 0. The van der Waals surface area contributed by atoms with Crippen LogP contribution in [0.1, 0.15) is 0 Å². The summed E-state index contributed by atoms with van der Waals surface area (Å²) in [6.07, 6.45) is 0. The van der Waals surface area contributed by atoms with Crippen molar-refractivity contribution in [2.45, 2.75) is 0 Å². The summed E-state index contributed by atoms with van der Waals surface area (Å²) in [6, 6.07) is 0. The maximum Gasteiger partial charge on any atom is 0 e. The third-order valence-corrected chi connectivity index (χ3v) is 0. The first-order valence-electron chi connectivity index (χ1n) is 0. The van der Waals surface area contributed by atoms with Crippen molar-refractivity contribution in [1.29, 1.82) is 0 Å². The maximum absolute atomic E-state index is 0. The molecule has 5 heavy (non-hydrogen) atoms. The van der Waals surface area contributed by atoms with Gasteiger partial charge in [-0.25, -0.2) is 0 Å². The van der Waals surface area contributed by atoms with Crippen LogP contribution in [0, 0.1) is 14.3 Å². The minimum absolute atomic E-state index is 0. The van der Waals surface area contributed by atoms with Crippen LogP contribution in [-0.4, -0.2) is 0 Å². The second kappa shape index (κ2) is 47.8. The summed E-state index contributed by atoms with van der Waals surface area (Å²) in [5.74, 6) is 0. The van der Waals surface area contributed by atoms with E-state index < -0.39 is 0 Å². The molecule has 1 radical (unpaired) electrons. The monoisotopic (exact) mass is 381 g/mol. The van der Waals surface area contributed by atoms with Crippen molar-refractivity contribution in [3.05, 3.63) is 0 Å². The van der Waals surface area contributed by atoms with E-state index >= 15 is 0 Å². The topological polar surface area (TPSA) is 0 Å². The summed E-state index contributed by atoms with van der Waals surface area (Å²) < 4.78 is 0. The van der Waals surface area contributed by atoms with E-state index in [4.69, 9.17) is 0 Å². The molecule has 0 amide bonds. The Bertz CT molecular complexity index is 3.61. The molecule has 0 aliphatic carbocycles. The van der Waals surface area contributed by atoms with Crippen molar-refractivity contribution in [3.8, 4) is 0 Å². The molecule has 0 aliphatic heterocycles. The molecule has 0 unspecified atom stereocenters. The van der Waals surface area contributed by atoms with Gasteiger partial charge in [-0.1, -0.05) is 0 Å². The summed E-state index contributed by atoms with van der Waals surface area (Å²) in [7, 11) is 0. The Morgan fingerprint density at radius 2 is 0.400 bits per heavy atom. The second-order valence-corrected chi connectivity index (χ2v) is 0. The van der Waals surface area contributed by atoms with Crippen molar-refractivity contribution in [2.24, 2.45) is 0 Å². The van der Waals surface area contributed by atoms with Gasteiger partial charge in [0.15, 0.2) is 0 Å². The van der Waals surface area contributed by atoms with Gasteiger partial charge in [-0.3, -0.25) is 0 Å². The minimum atomic E-state index is 0. The van der Waals surface area contributed by atoms with E-state index in [2.05, 4.69) is 0 Å². The van der Waals surface area contributed by atoms with Crippen LogP contribution in [0.2, 0.25) is 0 Å². The van der Waals surface area contributed by atoms with Crippen LogP contribution in [0.4, 0.5) is 0 Å². The molecule has 0 spiro atoms. The van der Waals surface area contributed by atoms with Gasteiger partial charge in [-0.05, 0) is 0 Å². The van der Waals surface area contributed by atoms with Crippen LogP contribution in [0.25, 0.3) is 0 Å². The molecule has 0 bridgehead atoms. The zero-order valence-corrected chi connectivity index (χ0v) is 8.06. The summed E-state index contributed by atoms with van der Waals surface area (Å²) >= 11 is 0. The largest absolute Gasteiger partial charge is 1.00 e. The van der Waals surface area contributed by atoms with Gasteiger partial charge in [-0.15, -0.1) is 0 Å². The van der Waals surface area contributed by atoms with Gasteiger partial charge in [0.1, 0.15) is 0 Å². The zero-order chi connectivity index (χ0) is 0. The first-order valence-corrected chi connectivity index (χ1v) is 0. The molecule has 0 fully saturated rings. The molecule has 0 rings (SSSR count). The zero-order valence-electron chi connectivity index (χ0n) is 1.89. The first-order chi connectivity index (χ1) is 0. The van der Waals surface area contributed by atoms with Gasteiger partial charge >= 0.3 is 0 Å². The predicted molar refractivity (Wildman–Crippen MR) is 0 cm³/mol. The average Bonchev–Trinajstić information content (AvgIpc) is 0. The van der Waals surface area contributed by atoms with Gasteiger partial charge < -0.3 is 49.6 Å². The quantitative estimate of drug-likeness (QED) is 0.389. The van der Waals surface area contributed by atoms with Gasteiger partial charge in [-0.2, -0.15) is 0 Å². The van der Waals surface area contributed by atoms with Gasteiger partial charge in [0.25, 0.3) is 0 Å². The van der Waals surface area contributed by atoms with E-state index in [0.717, 1.165) is 0 Å². The molecule has 0 aromatic carbocycles. The molecule has 0 N–H and O–H groups in total. The van der Waals surface area contributed by atoms with E-state index in [-0.39, 0.29) is 63.9 Å². The number of hydrogen-bond donors (Lipinski definition) is 0. The van der Waals surface area contributed by atoms with Crippen molar-refractivity contribution in [2.75, 3.05) is 0 Å². The SMILES string of the molecule is [Am].[Cl-].[Cl-].[Cl-].[Cl-]. The Kier molecular flexibility index (Phi) is 804. The summed E-state index contributed by atoms with van der Waals surface area (Å²) in [5.41, 5.74) is 0. The Morgan fingerprint density at radius 1 is 0.400 bits per heavy atom. The molecule has 39 valence electrons. The normalized spacial score (nSPS) is 0. The fourth-order valence-electron chi connectivity index (χ4n) is 0. The van der Waals surface area contributed by atoms with Crippen molar-refractivity contribution < 1.29 is 63.9 Å². The van der Waals surface area contributed by atoms with Crippen molar-refractivity contribution in [1.82, 2.24) is 0 Å². The minimum Gasteiger partial charge on any atom is -1.00 e. The molecule has 0 aliphatic rings. The van der Waals surface area contributed by atoms with E-state index in [9.17, 15) is 0 Å². The van der Waals surface area contributed by atoms with Gasteiger partial charge in [0.05, 0.1) is 0 Å². The molecule has 0 aromatic heterocycles.